The number of likely N-dealkylation sites (N-methyl/N-ethyl adjacent to an activating group) is 1. The second kappa shape index (κ2) is 7.85. The van der Waals surface area contributed by atoms with Crippen LogP contribution in [0.15, 0.2) is 54.6 Å². The zero-order chi connectivity index (χ0) is 15.1. The van der Waals surface area contributed by atoms with Crippen LogP contribution in [0.1, 0.15) is 11.1 Å². The summed E-state index contributed by atoms with van der Waals surface area (Å²) in [6.45, 7) is 0.0586. The number of rotatable bonds is 7. The number of aliphatic hydroxyl groups excluding tert-OH is 1. The summed E-state index contributed by atoms with van der Waals surface area (Å²) in [4.78, 5) is 0. The molecule has 0 amide bonds. The Kier molecular flexibility index (Phi) is 6.12. The van der Waals surface area contributed by atoms with E-state index in [-0.39, 0.29) is 6.61 Å². The first-order valence-corrected chi connectivity index (χ1v) is 8.41. The minimum Gasteiger partial charge on any atom is -0.394 e. The zero-order valence-corrected chi connectivity index (χ0v) is 13.6. The first kappa shape index (κ1) is 16.4. The van der Waals surface area contributed by atoms with E-state index in [1.54, 1.807) is 11.8 Å². The van der Waals surface area contributed by atoms with Gasteiger partial charge < -0.3 is 10.4 Å². The molecule has 0 fully saturated rings. The molecule has 2 nitrogen and oxygen atoms in total. The van der Waals surface area contributed by atoms with Gasteiger partial charge in [0.05, 0.1) is 12.1 Å². The highest BCUT2D eigenvalue weighted by Crippen LogP contribution is 2.28. The average molecular weight is 322 g/mol. The molecule has 0 aliphatic carbocycles. The molecule has 21 heavy (non-hydrogen) atoms. The highest BCUT2D eigenvalue weighted by molar-refractivity contribution is 7.98. The summed E-state index contributed by atoms with van der Waals surface area (Å²) >= 11 is 7.95. The second-order valence-corrected chi connectivity index (χ2v) is 6.33. The third kappa shape index (κ3) is 4.01. The highest BCUT2D eigenvalue weighted by atomic mass is 35.5. The molecule has 0 bridgehead atoms. The van der Waals surface area contributed by atoms with Gasteiger partial charge in [-0.1, -0.05) is 60.1 Å². The molecule has 1 atom stereocenters. The molecule has 0 aliphatic heterocycles. The monoisotopic (exact) mass is 321 g/mol. The van der Waals surface area contributed by atoms with Crippen molar-refractivity contribution in [3.63, 3.8) is 0 Å². The first-order chi connectivity index (χ1) is 10.2. The van der Waals surface area contributed by atoms with E-state index < -0.39 is 5.54 Å². The summed E-state index contributed by atoms with van der Waals surface area (Å²) in [6.07, 6.45) is 0. The molecule has 0 heterocycles. The van der Waals surface area contributed by atoms with Gasteiger partial charge in [0.15, 0.2) is 0 Å². The Labute approximate surface area is 135 Å². The normalized spacial score (nSPS) is 13.9. The maximum Gasteiger partial charge on any atom is 0.0758 e. The fraction of sp³-hybridized carbons (Fsp3) is 0.294. The Morgan fingerprint density at radius 2 is 1.76 bits per heavy atom. The summed E-state index contributed by atoms with van der Waals surface area (Å²) in [5.41, 5.74) is 1.80. The van der Waals surface area contributed by atoms with Crippen LogP contribution in [0.5, 0.6) is 0 Å². The Bertz CT molecular complexity index is 558. The van der Waals surface area contributed by atoms with E-state index in [2.05, 4.69) is 5.32 Å². The highest BCUT2D eigenvalue weighted by Gasteiger charge is 2.29. The van der Waals surface area contributed by atoms with Crippen LogP contribution in [0.3, 0.4) is 0 Å². The Hall–Kier alpha value is -1.00. The summed E-state index contributed by atoms with van der Waals surface area (Å²) in [5.74, 6) is 1.60. The van der Waals surface area contributed by atoms with Crippen molar-refractivity contribution in [2.75, 3.05) is 19.4 Å². The van der Waals surface area contributed by atoms with Crippen molar-refractivity contribution in [1.82, 2.24) is 5.32 Å². The fourth-order valence-electron chi connectivity index (χ4n) is 2.22. The van der Waals surface area contributed by atoms with Crippen molar-refractivity contribution in [3.8, 4) is 0 Å². The van der Waals surface area contributed by atoms with Crippen molar-refractivity contribution in [2.45, 2.75) is 11.3 Å². The SMILES string of the molecule is CNC(CO)(CSCc1ccccc1Cl)c1ccccc1. The van der Waals surface area contributed by atoms with Crippen LogP contribution in [0.2, 0.25) is 5.02 Å². The third-order valence-corrected chi connectivity index (χ3v) is 5.22. The van der Waals surface area contributed by atoms with Crippen LogP contribution >= 0.6 is 23.4 Å². The summed E-state index contributed by atoms with van der Waals surface area (Å²) in [6, 6.07) is 17.9. The van der Waals surface area contributed by atoms with Gasteiger partial charge in [0.25, 0.3) is 0 Å². The number of hydrogen-bond donors (Lipinski definition) is 2. The van der Waals surface area contributed by atoms with E-state index >= 15 is 0 Å². The molecular formula is C17H20ClNOS. The van der Waals surface area contributed by atoms with Gasteiger partial charge >= 0.3 is 0 Å². The fourth-order valence-corrected chi connectivity index (χ4v) is 3.83. The molecule has 0 saturated carbocycles. The number of nitrogens with one attached hydrogen (secondary N) is 1. The largest absolute Gasteiger partial charge is 0.394 e. The van der Waals surface area contributed by atoms with Gasteiger partial charge in [0, 0.05) is 16.5 Å². The molecule has 0 aromatic heterocycles. The molecular weight excluding hydrogens is 302 g/mol. The van der Waals surface area contributed by atoms with Crippen LogP contribution in [-0.2, 0) is 11.3 Å². The topological polar surface area (TPSA) is 32.3 Å². The molecule has 2 rings (SSSR count). The third-order valence-electron chi connectivity index (χ3n) is 3.64. The minimum absolute atomic E-state index is 0.0586. The molecule has 0 spiro atoms. The number of halogens is 1. The van der Waals surface area contributed by atoms with Crippen molar-refractivity contribution < 1.29 is 5.11 Å². The molecule has 4 heteroatoms. The van der Waals surface area contributed by atoms with Crippen LogP contribution < -0.4 is 5.32 Å². The molecule has 1 unspecified atom stereocenters. The van der Waals surface area contributed by atoms with Gasteiger partial charge in [0.2, 0.25) is 0 Å². The lowest BCUT2D eigenvalue weighted by Crippen LogP contribution is -2.45. The maximum absolute atomic E-state index is 9.88. The summed E-state index contributed by atoms with van der Waals surface area (Å²) < 4.78 is 0. The summed E-state index contributed by atoms with van der Waals surface area (Å²) in [5, 5.41) is 14.0. The summed E-state index contributed by atoms with van der Waals surface area (Å²) in [7, 11) is 1.89. The molecule has 0 aliphatic rings. The lowest BCUT2D eigenvalue weighted by Gasteiger charge is -2.32. The number of thioether (sulfide) groups is 1. The van der Waals surface area contributed by atoms with E-state index in [0.29, 0.717) is 0 Å². The van der Waals surface area contributed by atoms with Crippen molar-refractivity contribution in [2.24, 2.45) is 0 Å². The molecule has 2 aromatic carbocycles. The first-order valence-electron chi connectivity index (χ1n) is 6.88. The zero-order valence-electron chi connectivity index (χ0n) is 12.1. The van der Waals surface area contributed by atoms with Crippen LogP contribution in [0.4, 0.5) is 0 Å². The van der Waals surface area contributed by atoms with Crippen molar-refractivity contribution in [3.05, 3.63) is 70.7 Å². The van der Waals surface area contributed by atoms with Gasteiger partial charge in [-0.2, -0.15) is 11.8 Å². The smallest absolute Gasteiger partial charge is 0.0758 e. The van der Waals surface area contributed by atoms with Crippen molar-refractivity contribution in [1.29, 1.82) is 0 Å². The molecule has 0 saturated heterocycles. The minimum atomic E-state index is -0.423. The van der Waals surface area contributed by atoms with Crippen LogP contribution in [0, 0.1) is 0 Å². The second-order valence-electron chi connectivity index (χ2n) is 4.94. The van der Waals surface area contributed by atoms with Crippen LogP contribution in [-0.4, -0.2) is 24.5 Å². The van der Waals surface area contributed by atoms with Crippen molar-refractivity contribution >= 4 is 23.4 Å². The van der Waals surface area contributed by atoms with E-state index in [4.69, 9.17) is 11.6 Å². The Morgan fingerprint density at radius 1 is 1.10 bits per heavy atom. The number of hydrogen-bond acceptors (Lipinski definition) is 3. The number of benzene rings is 2. The lowest BCUT2D eigenvalue weighted by atomic mass is 9.93. The predicted molar refractivity (Wildman–Crippen MR) is 91.9 cm³/mol. The van der Waals surface area contributed by atoms with E-state index in [1.165, 1.54) is 0 Å². The van der Waals surface area contributed by atoms with Crippen LogP contribution in [0.25, 0.3) is 0 Å². The Morgan fingerprint density at radius 3 is 2.38 bits per heavy atom. The molecule has 2 aromatic rings. The lowest BCUT2D eigenvalue weighted by molar-refractivity contribution is 0.187. The quantitative estimate of drug-likeness (QED) is 0.816. The predicted octanol–water partition coefficient (Wildman–Crippen LogP) is 3.68. The molecule has 0 radical (unpaired) electrons. The van der Waals surface area contributed by atoms with Gasteiger partial charge in [-0.25, -0.2) is 0 Å². The van der Waals surface area contributed by atoms with E-state index in [1.807, 2.05) is 61.6 Å². The van der Waals surface area contributed by atoms with Gasteiger partial charge in [-0.05, 0) is 24.2 Å². The molecule has 112 valence electrons. The molecule has 2 N–H and O–H groups in total. The number of aliphatic hydroxyl groups is 1. The Balaban J connectivity index is 2.06. The van der Waals surface area contributed by atoms with Gasteiger partial charge in [-0.15, -0.1) is 0 Å². The van der Waals surface area contributed by atoms with Gasteiger partial charge in [0.1, 0.15) is 0 Å². The average Bonchev–Trinajstić information content (AvgIpc) is 2.54. The van der Waals surface area contributed by atoms with E-state index in [9.17, 15) is 5.11 Å². The standard InChI is InChI=1S/C17H20ClNOS/c1-19-17(12-20,15-8-3-2-4-9-15)13-21-11-14-7-5-6-10-16(14)18/h2-10,19-20H,11-13H2,1H3. The van der Waals surface area contributed by atoms with E-state index in [0.717, 1.165) is 27.7 Å². The van der Waals surface area contributed by atoms with Gasteiger partial charge in [-0.3, -0.25) is 0 Å². The maximum atomic E-state index is 9.88.